The number of Topliss-reactive ketones (excluding diaryl/α,β-unsaturated/α-hetero) is 1. The Balaban J connectivity index is 3.08. The van der Waals surface area contributed by atoms with Gasteiger partial charge in [-0.3, -0.25) is 4.79 Å². The number of hydrogen-bond acceptors (Lipinski definition) is 3. The fourth-order valence-electron chi connectivity index (χ4n) is 0.973. The molecule has 0 saturated heterocycles. The Labute approximate surface area is 68.8 Å². The van der Waals surface area contributed by atoms with Gasteiger partial charge in [0, 0.05) is 14.0 Å². The number of aromatic nitrogens is 2. The second kappa shape index (κ2) is 3.36. The van der Waals surface area contributed by atoms with Crippen LogP contribution in [0.25, 0.3) is 0 Å². The molecule has 1 aromatic heterocycles. The number of hydrogen-bond donors (Lipinski definition) is 2. The van der Waals surface area contributed by atoms with E-state index in [1.807, 2.05) is 0 Å². The summed E-state index contributed by atoms with van der Waals surface area (Å²) in [5.74, 6) is -0.180. The third-order valence-electron chi connectivity index (χ3n) is 1.45. The van der Waals surface area contributed by atoms with Crippen LogP contribution < -0.4 is 5.69 Å². The van der Waals surface area contributed by atoms with Gasteiger partial charge >= 0.3 is 5.69 Å². The molecule has 0 aromatic carbocycles. The van der Waals surface area contributed by atoms with E-state index in [1.54, 1.807) is 0 Å². The highest BCUT2D eigenvalue weighted by Gasteiger charge is 2.10. The van der Waals surface area contributed by atoms with Crippen LogP contribution in [0.4, 0.5) is 0 Å². The summed E-state index contributed by atoms with van der Waals surface area (Å²) in [4.78, 5) is 26.5. The normalized spacial score (nSPS) is 10.2. The van der Waals surface area contributed by atoms with Gasteiger partial charge in [0.05, 0.1) is 12.3 Å². The molecule has 1 rings (SSSR count). The van der Waals surface area contributed by atoms with Gasteiger partial charge in [0.15, 0.2) is 5.78 Å². The maximum atomic E-state index is 10.9. The minimum atomic E-state index is -0.382. The molecule has 0 radical (unpaired) electrons. The van der Waals surface area contributed by atoms with E-state index in [2.05, 4.69) is 9.97 Å². The highest BCUT2D eigenvalue weighted by molar-refractivity contribution is 5.93. The minimum Gasteiger partial charge on any atom is -0.378 e. The van der Waals surface area contributed by atoms with E-state index < -0.39 is 0 Å². The highest BCUT2D eigenvalue weighted by Crippen LogP contribution is 2.01. The number of ether oxygens (including phenoxy) is 1. The van der Waals surface area contributed by atoms with Crippen molar-refractivity contribution in [2.45, 2.75) is 13.5 Å². The second-order valence-electron chi connectivity index (χ2n) is 2.42. The number of rotatable bonds is 3. The Morgan fingerprint density at radius 2 is 2.17 bits per heavy atom. The first-order valence-electron chi connectivity index (χ1n) is 3.46. The predicted molar refractivity (Wildman–Crippen MR) is 42.1 cm³/mol. The zero-order valence-corrected chi connectivity index (χ0v) is 6.93. The number of carbonyl (C=O) groups is 1. The lowest BCUT2D eigenvalue weighted by Gasteiger charge is -1.96. The lowest BCUT2D eigenvalue weighted by atomic mass is 10.2. The van der Waals surface area contributed by atoms with Crippen LogP contribution in [0.5, 0.6) is 0 Å². The van der Waals surface area contributed by atoms with Crippen LogP contribution in [0, 0.1) is 0 Å². The van der Waals surface area contributed by atoms with E-state index >= 15 is 0 Å². The first-order valence-corrected chi connectivity index (χ1v) is 3.46. The Kier molecular flexibility index (Phi) is 2.44. The van der Waals surface area contributed by atoms with Gasteiger partial charge in [-0.25, -0.2) is 4.79 Å². The summed E-state index contributed by atoms with van der Waals surface area (Å²) in [7, 11) is 1.50. The van der Waals surface area contributed by atoms with E-state index in [0.29, 0.717) is 11.4 Å². The van der Waals surface area contributed by atoms with Gasteiger partial charge in [-0.2, -0.15) is 0 Å². The minimum absolute atomic E-state index is 0.180. The molecule has 12 heavy (non-hydrogen) atoms. The summed E-state index contributed by atoms with van der Waals surface area (Å²) < 4.78 is 4.79. The summed E-state index contributed by atoms with van der Waals surface area (Å²) in [6, 6.07) is 0. The summed E-state index contributed by atoms with van der Waals surface area (Å²) >= 11 is 0. The molecule has 0 amide bonds. The average molecular weight is 170 g/mol. The molecule has 0 saturated carbocycles. The monoisotopic (exact) mass is 170 g/mol. The predicted octanol–water partition coefficient (Wildman–Crippen LogP) is 0.0520. The van der Waals surface area contributed by atoms with Crippen molar-refractivity contribution >= 4 is 5.78 Å². The largest absolute Gasteiger partial charge is 0.378 e. The fraction of sp³-hybridized carbons (Fsp3) is 0.429. The molecule has 66 valence electrons. The van der Waals surface area contributed by atoms with Crippen molar-refractivity contribution in [2.24, 2.45) is 0 Å². The first kappa shape index (κ1) is 8.73. The topological polar surface area (TPSA) is 75.0 Å². The third kappa shape index (κ3) is 1.62. The molecule has 0 fully saturated rings. The SMILES string of the molecule is COCc1[nH]c(=O)[nH]c1C(C)=O. The molecule has 0 aliphatic carbocycles. The molecule has 0 spiro atoms. The van der Waals surface area contributed by atoms with Gasteiger partial charge in [-0.15, -0.1) is 0 Å². The zero-order chi connectivity index (χ0) is 9.14. The van der Waals surface area contributed by atoms with Gasteiger partial charge in [0.2, 0.25) is 0 Å². The van der Waals surface area contributed by atoms with Crippen molar-refractivity contribution in [3.05, 3.63) is 21.9 Å². The van der Waals surface area contributed by atoms with Crippen molar-refractivity contribution < 1.29 is 9.53 Å². The maximum absolute atomic E-state index is 10.9. The van der Waals surface area contributed by atoms with Crippen LogP contribution in [0.15, 0.2) is 4.79 Å². The maximum Gasteiger partial charge on any atom is 0.323 e. The number of imidazole rings is 1. The van der Waals surface area contributed by atoms with Crippen molar-refractivity contribution in [2.75, 3.05) is 7.11 Å². The van der Waals surface area contributed by atoms with Gasteiger partial charge in [0.25, 0.3) is 0 Å². The molecule has 2 N–H and O–H groups in total. The van der Waals surface area contributed by atoms with E-state index in [1.165, 1.54) is 14.0 Å². The fourth-order valence-corrected chi connectivity index (χ4v) is 0.973. The van der Waals surface area contributed by atoms with E-state index in [9.17, 15) is 9.59 Å². The average Bonchev–Trinajstić information content (AvgIpc) is 2.32. The van der Waals surface area contributed by atoms with Gasteiger partial charge in [-0.05, 0) is 0 Å². The number of methoxy groups -OCH3 is 1. The molecular weight excluding hydrogens is 160 g/mol. The highest BCUT2D eigenvalue weighted by atomic mass is 16.5. The molecule has 5 nitrogen and oxygen atoms in total. The van der Waals surface area contributed by atoms with Gasteiger partial charge in [-0.1, -0.05) is 0 Å². The lowest BCUT2D eigenvalue weighted by Crippen LogP contribution is -2.02. The molecule has 1 aromatic rings. The van der Waals surface area contributed by atoms with Crippen molar-refractivity contribution in [1.29, 1.82) is 0 Å². The molecule has 5 heteroatoms. The summed E-state index contributed by atoms with van der Waals surface area (Å²) in [5, 5.41) is 0. The standard InChI is InChI=1S/C7H10N2O3/c1-4(10)6-5(3-12-2)8-7(11)9-6/h3H2,1-2H3,(H2,8,9,11). The zero-order valence-electron chi connectivity index (χ0n) is 6.93. The van der Waals surface area contributed by atoms with Crippen LogP contribution in [0.1, 0.15) is 23.1 Å². The first-order chi connectivity index (χ1) is 5.65. The number of nitrogens with one attached hydrogen (secondary N) is 2. The second-order valence-corrected chi connectivity index (χ2v) is 2.42. The Bertz CT molecular complexity index is 337. The molecule has 0 atom stereocenters. The summed E-state index contributed by atoms with van der Waals surface area (Å²) in [6.45, 7) is 1.62. The molecule has 0 bridgehead atoms. The van der Waals surface area contributed by atoms with Crippen molar-refractivity contribution in [3.8, 4) is 0 Å². The quantitative estimate of drug-likeness (QED) is 0.629. The van der Waals surface area contributed by atoms with E-state index in [0.717, 1.165) is 0 Å². The van der Waals surface area contributed by atoms with Crippen LogP contribution in [-0.4, -0.2) is 22.9 Å². The number of carbonyl (C=O) groups excluding carboxylic acids is 1. The number of ketones is 1. The molecule has 0 aliphatic heterocycles. The summed E-state index contributed by atoms with van der Waals surface area (Å²) in [5.41, 5.74) is 0.407. The smallest absolute Gasteiger partial charge is 0.323 e. The summed E-state index contributed by atoms with van der Waals surface area (Å²) in [6.07, 6.45) is 0. The van der Waals surface area contributed by atoms with Crippen molar-refractivity contribution in [1.82, 2.24) is 9.97 Å². The Hall–Kier alpha value is -1.36. The number of H-pyrrole nitrogens is 2. The van der Waals surface area contributed by atoms with Crippen LogP contribution >= 0.6 is 0 Å². The van der Waals surface area contributed by atoms with Crippen LogP contribution in [0.3, 0.4) is 0 Å². The van der Waals surface area contributed by atoms with Gasteiger partial charge < -0.3 is 14.7 Å². The van der Waals surface area contributed by atoms with Crippen LogP contribution in [0.2, 0.25) is 0 Å². The lowest BCUT2D eigenvalue weighted by molar-refractivity contribution is 0.100. The van der Waals surface area contributed by atoms with Gasteiger partial charge in [0.1, 0.15) is 5.69 Å². The third-order valence-corrected chi connectivity index (χ3v) is 1.45. The van der Waals surface area contributed by atoms with E-state index in [4.69, 9.17) is 4.74 Å². The Morgan fingerprint density at radius 1 is 1.50 bits per heavy atom. The van der Waals surface area contributed by atoms with Crippen molar-refractivity contribution in [3.63, 3.8) is 0 Å². The van der Waals surface area contributed by atoms with E-state index in [-0.39, 0.29) is 18.1 Å². The molecule has 0 unspecified atom stereocenters. The molecular formula is C7H10N2O3. The number of aromatic amines is 2. The Morgan fingerprint density at radius 3 is 2.67 bits per heavy atom. The van der Waals surface area contributed by atoms with Crippen LogP contribution in [-0.2, 0) is 11.3 Å². The molecule has 0 aliphatic rings. The molecule has 1 heterocycles.